The van der Waals surface area contributed by atoms with Gasteiger partial charge in [0.1, 0.15) is 0 Å². The number of fused-ring (bicyclic) bond motifs is 1. The topological polar surface area (TPSA) is 48.1 Å². The summed E-state index contributed by atoms with van der Waals surface area (Å²) >= 11 is 0. The standard InChI is InChI=1S/C11H16N2O.2ClH/c1-14-10-6-5-8-3-2-4-9(7-12)11(8)13-10;;/h5-6,9H,2-4,7,12H2,1H3;2*1H. The number of pyridine rings is 1. The number of rotatable bonds is 2. The van der Waals surface area contributed by atoms with Crippen molar-refractivity contribution in [3.63, 3.8) is 0 Å². The smallest absolute Gasteiger partial charge is 0.213 e. The molecule has 0 aliphatic heterocycles. The van der Waals surface area contributed by atoms with Crippen molar-refractivity contribution in [2.75, 3.05) is 13.7 Å². The van der Waals surface area contributed by atoms with Crippen molar-refractivity contribution < 1.29 is 4.74 Å². The van der Waals surface area contributed by atoms with Gasteiger partial charge < -0.3 is 10.5 Å². The number of ether oxygens (including phenoxy) is 1. The largest absolute Gasteiger partial charge is 0.481 e. The summed E-state index contributed by atoms with van der Waals surface area (Å²) in [5.74, 6) is 1.12. The quantitative estimate of drug-likeness (QED) is 0.892. The van der Waals surface area contributed by atoms with Gasteiger partial charge in [0.05, 0.1) is 12.8 Å². The van der Waals surface area contributed by atoms with Crippen LogP contribution in [0.5, 0.6) is 5.88 Å². The summed E-state index contributed by atoms with van der Waals surface area (Å²) in [6.07, 6.45) is 3.51. The minimum Gasteiger partial charge on any atom is -0.481 e. The second-order valence-corrected chi connectivity index (χ2v) is 3.72. The highest BCUT2D eigenvalue weighted by atomic mass is 35.5. The summed E-state index contributed by atoms with van der Waals surface area (Å²) in [6.45, 7) is 0.688. The number of nitrogens with two attached hydrogens (primary N) is 1. The molecule has 92 valence electrons. The first-order valence-electron chi connectivity index (χ1n) is 5.09. The van der Waals surface area contributed by atoms with Crippen LogP contribution in [-0.4, -0.2) is 18.6 Å². The van der Waals surface area contributed by atoms with Crippen LogP contribution < -0.4 is 10.5 Å². The highest BCUT2D eigenvalue weighted by Crippen LogP contribution is 2.30. The van der Waals surface area contributed by atoms with Gasteiger partial charge >= 0.3 is 0 Å². The van der Waals surface area contributed by atoms with Crippen molar-refractivity contribution in [2.24, 2.45) is 5.73 Å². The summed E-state index contributed by atoms with van der Waals surface area (Å²) in [4.78, 5) is 4.48. The molecular formula is C11H18Cl2N2O. The summed E-state index contributed by atoms with van der Waals surface area (Å²) in [7, 11) is 1.65. The van der Waals surface area contributed by atoms with Crippen LogP contribution in [-0.2, 0) is 6.42 Å². The van der Waals surface area contributed by atoms with E-state index >= 15 is 0 Å². The fourth-order valence-corrected chi connectivity index (χ4v) is 2.07. The number of hydrogen-bond acceptors (Lipinski definition) is 3. The number of halogens is 2. The zero-order chi connectivity index (χ0) is 9.97. The van der Waals surface area contributed by atoms with Crippen molar-refractivity contribution >= 4 is 24.8 Å². The van der Waals surface area contributed by atoms with Gasteiger partial charge in [-0.2, -0.15) is 0 Å². The second-order valence-electron chi connectivity index (χ2n) is 3.72. The Hall–Kier alpha value is -0.510. The average Bonchev–Trinajstić information content (AvgIpc) is 2.27. The molecule has 1 unspecified atom stereocenters. The van der Waals surface area contributed by atoms with E-state index in [0.29, 0.717) is 18.3 Å². The van der Waals surface area contributed by atoms with Crippen LogP contribution >= 0.6 is 24.8 Å². The normalized spacial score (nSPS) is 17.8. The predicted molar refractivity (Wildman–Crippen MR) is 70.0 cm³/mol. The third-order valence-corrected chi connectivity index (χ3v) is 2.87. The predicted octanol–water partition coefficient (Wildman–Crippen LogP) is 2.31. The average molecular weight is 265 g/mol. The Kier molecular flexibility index (Phi) is 6.72. The van der Waals surface area contributed by atoms with Gasteiger partial charge in [-0.1, -0.05) is 6.07 Å². The lowest BCUT2D eigenvalue weighted by atomic mass is 9.87. The molecule has 1 atom stereocenters. The van der Waals surface area contributed by atoms with Gasteiger partial charge in [-0.15, -0.1) is 24.8 Å². The van der Waals surface area contributed by atoms with Crippen LogP contribution in [0.3, 0.4) is 0 Å². The molecule has 0 amide bonds. The van der Waals surface area contributed by atoms with Crippen molar-refractivity contribution in [3.8, 4) is 5.88 Å². The van der Waals surface area contributed by atoms with Gasteiger partial charge in [0, 0.05) is 18.5 Å². The van der Waals surface area contributed by atoms with Crippen molar-refractivity contribution in [3.05, 3.63) is 23.4 Å². The summed E-state index contributed by atoms with van der Waals surface area (Å²) in [6, 6.07) is 4.04. The Morgan fingerprint density at radius 2 is 2.19 bits per heavy atom. The van der Waals surface area contributed by atoms with Crippen LogP contribution in [0.25, 0.3) is 0 Å². The van der Waals surface area contributed by atoms with E-state index in [1.165, 1.54) is 12.0 Å². The highest BCUT2D eigenvalue weighted by Gasteiger charge is 2.20. The molecule has 1 aromatic heterocycles. The Morgan fingerprint density at radius 1 is 1.44 bits per heavy atom. The first-order valence-corrected chi connectivity index (χ1v) is 5.09. The van der Waals surface area contributed by atoms with Gasteiger partial charge in [-0.25, -0.2) is 4.98 Å². The van der Waals surface area contributed by atoms with E-state index < -0.39 is 0 Å². The van der Waals surface area contributed by atoms with E-state index in [4.69, 9.17) is 10.5 Å². The summed E-state index contributed by atoms with van der Waals surface area (Å²) in [5.41, 5.74) is 8.22. The Bertz CT molecular complexity index is 334. The van der Waals surface area contributed by atoms with E-state index in [9.17, 15) is 0 Å². The first kappa shape index (κ1) is 15.5. The molecule has 1 aliphatic carbocycles. The van der Waals surface area contributed by atoms with E-state index in [0.717, 1.165) is 18.5 Å². The monoisotopic (exact) mass is 264 g/mol. The molecule has 0 aromatic carbocycles. The van der Waals surface area contributed by atoms with E-state index in [1.54, 1.807) is 7.11 Å². The molecule has 2 N–H and O–H groups in total. The molecule has 0 bridgehead atoms. The molecule has 16 heavy (non-hydrogen) atoms. The van der Waals surface area contributed by atoms with Crippen LogP contribution in [0, 0.1) is 0 Å². The molecule has 0 radical (unpaired) electrons. The number of aryl methyl sites for hydroxylation is 1. The van der Waals surface area contributed by atoms with Gasteiger partial charge in [0.15, 0.2) is 0 Å². The lowest BCUT2D eigenvalue weighted by Gasteiger charge is -2.23. The van der Waals surface area contributed by atoms with Gasteiger partial charge in [0.2, 0.25) is 5.88 Å². The van der Waals surface area contributed by atoms with E-state index in [-0.39, 0.29) is 24.8 Å². The van der Waals surface area contributed by atoms with Gasteiger partial charge in [0.25, 0.3) is 0 Å². The number of hydrogen-bond donors (Lipinski definition) is 1. The van der Waals surface area contributed by atoms with Gasteiger partial charge in [-0.05, 0) is 24.8 Å². The van der Waals surface area contributed by atoms with Crippen LogP contribution in [0.4, 0.5) is 0 Å². The Labute approximate surface area is 109 Å². The van der Waals surface area contributed by atoms with Crippen molar-refractivity contribution in [1.29, 1.82) is 0 Å². The fourth-order valence-electron chi connectivity index (χ4n) is 2.07. The Balaban J connectivity index is 0.00000112. The fraction of sp³-hybridized carbons (Fsp3) is 0.545. The second kappa shape index (κ2) is 6.94. The third kappa shape index (κ3) is 3.00. The number of aromatic nitrogens is 1. The van der Waals surface area contributed by atoms with Gasteiger partial charge in [-0.3, -0.25) is 0 Å². The minimum absolute atomic E-state index is 0. The zero-order valence-electron chi connectivity index (χ0n) is 9.31. The maximum Gasteiger partial charge on any atom is 0.213 e. The SMILES string of the molecule is COc1ccc2c(n1)C(CN)CCC2.Cl.Cl. The van der Waals surface area contributed by atoms with E-state index in [2.05, 4.69) is 11.1 Å². The summed E-state index contributed by atoms with van der Waals surface area (Å²) < 4.78 is 5.12. The molecule has 1 aliphatic rings. The molecular weight excluding hydrogens is 247 g/mol. The molecule has 0 saturated heterocycles. The maximum atomic E-state index is 5.73. The molecule has 0 saturated carbocycles. The zero-order valence-corrected chi connectivity index (χ0v) is 10.9. The summed E-state index contributed by atoms with van der Waals surface area (Å²) in [5, 5.41) is 0. The molecule has 3 nitrogen and oxygen atoms in total. The third-order valence-electron chi connectivity index (χ3n) is 2.87. The molecule has 5 heteroatoms. The van der Waals surface area contributed by atoms with Crippen LogP contribution in [0.2, 0.25) is 0 Å². The molecule has 1 aromatic rings. The Morgan fingerprint density at radius 3 is 2.81 bits per heavy atom. The maximum absolute atomic E-state index is 5.73. The molecule has 0 fully saturated rings. The lowest BCUT2D eigenvalue weighted by molar-refractivity contribution is 0.392. The first-order chi connectivity index (χ1) is 6.85. The van der Waals surface area contributed by atoms with E-state index in [1.807, 2.05) is 6.07 Å². The highest BCUT2D eigenvalue weighted by molar-refractivity contribution is 5.85. The number of methoxy groups -OCH3 is 1. The van der Waals surface area contributed by atoms with Crippen molar-refractivity contribution in [2.45, 2.75) is 25.2 Å². The lowest BCUT2D eigenvalue weighted by Crippen LogP contribution is -2.19. The van der Waals surface area contributed by atoms with Crippen molar-refractivity contribution in [1.82, 2.24) is 4.98 Å². The minimum atomic E-state index is 0. The van der Waals surface area contributed by atoms with Crippen LogP contribution in [0.1, 0.15) is 30.0 Å². The molecule has 1 heterocycles. The van der Waals surface area contributed by atoms with Crippen LogP contribution in [0.15, 0.2) is 12.1 Å². The molecule has 0 spiro atoms. The molecule has 2 rings (SSSR count). The number of nitrogens with zero attached hydrogens (tertiary/aromatic N) is 1.